The van der Waals surface area contributed by atoms with Gasteiger partial charge in [-0.25, -0.2) is 4.79 Å². The lowest BCUT2D eigenvalue weighted by atomic mass is 9.94. The zero-order valence-corrected chi connectivity index (χ0v) is 44.5. The Bertz CT molecular complexity index is 2330. The molecule has 0 aromatic heterocycles. The van der Waals surface area contributed by atoms with Crippen LogP contribution in [0.25, 0.3) is 0 Å². The highest BCUT2D eigenvalue weighted by Gasteiger charge is 2.56. The van der Waals surface area contributed by atoms with Crippen LogP contribution < -0.4 is 20.9 Å². The van der Waals surface area contributed by atoms with Gasteiger partial charge in [0, 0.05) is 32.1 Å². The van der Waals surface area contributed by atoms with E-state index in [1.165, 1.54) is 24.3 Å². The highest BCUT2D eigenvalue weighted by molar-refractivity contribution is 5.92. The fourth-order valence-corrected chi connectivity index (χ4v) is 9.65. The van der Waals surface area contributed by atoms with E-state index in [0.29, 0.717) is 0 Å². The third kappa shape index (κ3) is 16.1. The summed E-state index contributed by atoms with van der Waals surface area (Å²) in [6.07, 6.45) is -43.1. The molecule has 0 spiro atoms. The maximum atomic E-state index is 12.9. The molecule has 0 radical (unpaired) electrons. The molecule has 18 N–H and O–H groups in total. The molecule has 0 bridgehead atoms. The van der Waals surface area contributed by atoms with E-state index >= 15 is 0 Å². The average Bonchev–Trinajstić information content (AvgIpc) is 2.83. The number of nitrogens with zero attached hydrogens (tertiary/aromatic N) is 1. The first-order valence-corrected chi connectivity index (χ1v) is 26.0. The minimum Gasteiger partial charge on any atom is -0.444 e. The van der Waals surface area contributed by atoms with Gasteiger partial charge in [-0.15, -0.1) is 0 Å². The summed E-state index contributed by atoms with van der Waals surface area (Å²) in [5, 5.41) is 170. The van der Waals surface area contributed by atoms with E-state index in [0.717, 1.165) is 31.2 Å². The van der Waals surface area contributed by atoms with E-state index in [4.69, 9.17) is 42.6 Å². The van der Waals surface area contributed by atoms with Crippen molar-refractivity contribution in [2.75, 3.05) is 49.8 Å². The molecule has 0 aliphatic carbocycles. The smallest absolute Gasteiger partial charge is 0.411 e. The van der Waals surface area contributed by atoms with Crippen molar-refractivity contribution in [2.24, 2.45) is 0 Å². The molecule has 4 aliphatic rings. The molecule has 24 atom stereocenters. The van der Waals surface area contributed by atoms with Crippen molar-refractivity contribution in [3.8, 4) is 0 Å². The fourth-order valence-electron chi connectivity index (χ4n) is 9.65. The van der Waals surface area contributed by atoms with Crippen molar-refractivity contribution >= 4 is 35.2 Å². The predicted molar refractivity (Wildman–Crippen MR) is 270 cm³/mol. The van der Waals surface area contributed by atoms with Gasteiger partial charge in [-0.3, -0.25) is 19.7 Å². The second-order valence-corrected chi connectivity index (χ2v) is 19.9. The van der Waals surface area contributed by atoms with Gasteiger partial charge in [0.05, 0.1) is 39.6 Å². The van der Waals surface area contributed by atoms with Crippen molar-refractivity contribution in [1.82, 2.24) is 10.6 Å². The number of benzene rings is 2. The van der Waals surface area contributed by atoms with Gasteiger partial charge in [0.1, 0.15) is 129 Å². The maximum absolute atomic E-state index is 12.9. The van der Waals surface area contributed by atoms with Gasteiger partial charge < -0.3 is 135 Å². The Morgan fingerprint density at radius 1 is 0.549 bits per heavy atom. The zero-order chi connectivity index (χ0) is 60.3. The molecule has 4 amide bonds. The van der Waals surface area contributed by atoms with Crippen LogP contribution in [-0.4, -0.2) is 287 Å². The summed E-state index contributed by atoms with van der Waals surface area (Å²) in [5.41, 5.74) is 1.19. The quantitative estimate of drug-likeness (QED) is 0.0464. The van der Waals surface area contributed by atoms with Crippen LogP contribution >= 0.6 is 0 Å². The van der Waals surface area contributed by atoms with E-state index in [1.807, 2.05) is 0 Å². The molecular formula is C50H74N4O28. The summed E-state index contributed by atoms with van der Waals surface area (Å²) >= 11 is 0. The first-order chi connectivity index (χ1) is 39.0. The number of aliphatic hydroxyl groups excluding tert-OH is 15. The first kappa shape index (κ1) is 66.3. The van der Waals surface area contributed by atoms with Crippen LogP contribution in [0.3, 0.4) is 0 Å². The second-order valence-electron chi connectivity index (χ2n) is 19.9. The molecule has 0 unspecified atom stereocenters. The molecule has 32 heteroatoms. The summed E-state index contributed by atoms with van der Waals surface area (Å²) in [6.45, 7) is -2.48. The van der Waals surface area contributed by atoms with Gasteiger partial charge in [-0.05, 0) is 29.8 Å². The Morgan fingerprint density at radius 3 is 1.51 bits per heavy atom. The zero-order valence-electron chi connectivity index (χ0n) is 44.5. The summed E-state index contributed by atoms with van der Waals surface area (Å²) in [4.78, 5) is 50.8. The van der Waals surface area contributed by atoms with E-state index in [2.05, 4.69) is 16.0 Å². The molecule has 82 heavy (non-hydrogen) atoms. The van der Waals surface area contributed by atoms with Crippen LogP contribution in [0.15, 0.2) is 54.6 Å². The van der Waals surface area contributed by atoms with E-state index in [9.17, 15) is 95.8 Å². The highest BCUT2D eigenvalue weighted by Crippen LogP contribution is 2.35. The number of nitrogens with one attached hydrogen (secondary N) is 3. The number of anilines is 2. The summed E-state index contributed by atoms with van der Waals surface area (Å²) in [5.74, 6) is -2.20. The largest absolute Gasteiger partial charge is 0.444 e. The number of hydrogen-bond donors (Lipinski definition) is 18. The topological polar surface area (TPSA) is 494 Å². The number of aliphatic hydroxyl groups is 15. The first-order valence-electron chi connectivity index (χ1n) is 26.0. The number of rotatable bonds is 24. The van der Waals surface area contributed by atoms with Gasteiger partial charge in [-0.1, -0.05) is 30.3 Å². The maximum Gasteiger partial charge on any atom is 0.411 e. The summed E-state index contributed by atoms with van der Waals surface area (Å²) < 4.78 is 51.4. The molecule has 4 saturated heterocycles. The Balaban J connectivity index is 1.11. The minimum absolute atomic E-state index is 0.00466. The Morgan fingerprint density at radius 2 is 1.01 bits per heavy atom. The van der Waals surface area contributed by atoms with Crippen molar-refractivity contribution in [2.45, 2.75) is 174 Å². The number of carbonyl (C=O) groups is 4. The van der Waals surface area contributed by atoms with E-state index in [-0.39, 0.29) is 18.0 Å². The van der Waals surface area contributed by atoms with E-state index < -0.39 is 211 Å². The average molecular weight is 1180 g/mol. The lowest BCUT2D eigenvalue weighted by molar-refractivity contribution is -0.379. The van der Waals surface area contributed by atoms with Crippen LogP contribution in [0.2, 0.25) is 0 Å². The Hall–Kier alpha value is -4.80. The van der Waals surface area contributed by atoms with Crippen LogP contribution in [0, 0.1) is 0 Å². The molecule has 462 valence electrons. The van der Waals surface area contributed by atoms with Gasteiger partial charge >= 0.3 is 6.09 Å². The standard InChI is InChI=1S/C50H74N4O28/c1-20(60)51-32-36(67)35(66)28(15-56)75-46(32)80-44-31(18-59)78-49(41(72)39(44)70)82-43-29(16-57)76-47(33(37(43)68)52-21(2)61)81-45-30(17-58)77-48(40(71)38(45)69)79-42(27(64)14-55)34(65)26(63)13-54(22(3)62)25-11-9-24(10-12-25)53-50(73)74-19-23-7-5-4-6-8-23/h4-12,26-49,55-59,63-72H,13-19H2,1-3H3,(H,51,60)(H,52,61)(H,53,73)/t26-,27+,28+,29+,30+,31+,32+,33+,34+,35+,36+,37+,38+,39+,40+,41+,42+,43+,44-,45-,46-,47-,48-,49-/m0/s1. The Kier molecular flexibility index (Phi) is 24.5. The van der Waals surface area contributed by atoms with Gasteiger partial charge in [-0.2, -0.15) is 0 Å². The van der Waals surface area contributed by atoms with Crippen molar-refractivity contribution in [3.05, 3.63) is 60.2 Å². The molecule has 6 rings (SSSR count). The van der Waals surface area contributed by atoms with Crippen LogP contribution in [0.1, 0.15) is 26.3 Å². The number of amides is 4. The molecule has 4 aliphatic heterocycles. The summed E-state index contributed by atoms with van der Waals surface area (Å²) in [6, 6.07) is 11.3. The lowest BCUT2D eigenvalue weighted by Gasteiger charge is -2.50. The molecule has 32 nitrogen and oxygen atoms in total. The van der Waals surface area contributed by atoms with Crippen LogP contribution in [0.5, 0.6) is 0 Å². The molecule has 4 fully saturated rings. The third-order valence-corrected chi connectivity index (χ3v) is 14.0. The fraction of sp³-hybridized carbons (Fsp3) is 0.680. The third-order valence-electron chi connectivity index (χ3n) is 14.0. The van der Waals surface area contributed by atoms with Gasteiger partial charge in [0.25, 0.3) is 0 Å². The molecular weight excluding hydrogens is 1100 g/mol. The number of hydrogen-bond acceptors (Lipinski definition) is 28. The number of carbonyl (C=O) groups excluding carboxylic acids is 4. The van der Waals surface area contributed by atoms with Crippen molar-refractivity contribution in [1.29, 1.82) is 0 Å². The Labute approximate surface area is 467 Å². The normalized spacial score (nSPS) is 35.5. The van der Waals surface area contributed by atoms with Crippen molar-refractivity contribution in [3.63, 3.8) is 0 Å². The SMILES string of the molecule is CC(=O)N[C@H]1[C@H](O[C@@H]2[C@H](O)[C@@H](O)[C@H](O[C@@H]([C@H](O)[C@@H](O)CN(C(C)=O)c3ccc(NC(=O)OCc4ccccc4)cc3)[C@H](O)CO)O[C@@H]2CO)O[C@H](CO)[C@@H](O[C@@H]2O[C@H](CO)[C@H](O[C@@H]3O[C@H](CO)[C@@H](O)[C@H](O)[C@H]3NC(C)=O)[C@H](O)[C@H]2O)[C@@H]1O. The second kappa shape index (κ2) is 30.3. The highest BCUT2D eigenvalue weighted by atomic mass is 16.8. The minimum atomic E-state index is -2.24. The van der Waals surface area contributed by atoms with Gasteiger partial charge in [0.15, 0.2) is 25.2 Å². The monoisotopic (exact) mass is 1180 g/mol. The lowest BCUT2D eigenvalue weighted by Crippen LogP contribution is -2.70. The van der Waals surface area contributed by atoms with Crippen molar-refractivity contribution < 1.29 is 138 Å². The molecule has 2 aromatic rings. The molecule has 4 heterocycles. The molecule has 2 aromatic carbocycles. The predicted octanol–water partition coefficient (Wildman–Crippen LogP) is -8.19. The van der Waals surface area contributed by atoms with Gasteiger partial charge in [0.2, 0.25) is 17.7 Å². The molecule has 0 saturated carbocycles. The van der Waals surface area contributed by atoms with Crippen LogP contribution in [0.4, 0.5) is 16.2 Å². The number of ether oxygens (including phenoxy) is 9. The summed E-state index contributed by atoms with van der Waals surface area (Å²) in [7, 11) is 0. The van der Waals surface area contributed by atoms with Crippen LogP contribution in [-0.2, 0) is 63.6 Å². The van der Waals surface area contributed by atoms with E-state index in [1.54, 1.807) is 30.3 Å².